The molecule has 0 aliphatic carbocycles. The van der Waals surface area contributed by atoms with Crippen LogP contribution in [0.4, 0.5) is 15.2 Å². The molecule has 4 rings (SSSR count). The molecular formula is C21H14ClFN2O2S. The van der Waals surface area contributed by atoms with Gasteiger partial charge in [-0.1, -0.05) is 35.1 Å². The van der Waals surface area contributed by atoms with Gasteiger partial charge in [-0.2, -0.15) is 0 Å². The molecule has 0 bridgehead atoms. The smallest absolute Gasteiger partial charge is 0.266 e. The molecule has 0 spiro atoms. The third-order valence-corrected chi connectivity index (χ3v) is 5.50. The first kappa shape index (κ1) is 18.4. The molecule has 0 unspecified atom stereocenters. The number of methoxy groups -OCH3 is 1. The Kier molecular flexibility index (Phi) is 4.98. The Hall–Kier alpha value is -2.96. The first-order chi connectivity index (χ1) is 13.6. The zero-order chi connectivity index (χ0) is 19.7. The van der Waals surface area contributed by atoms with Crippen molar-refractivity contribution >= 4 is 49.9 Å². The molecule has 1 heterocycles. The van der Waals surface area contributed by atoms with Crippen LogP contribution in [0.25, 0.3) is 10.2 Å². The predicted molar refractivity (Wildman–Crippen MR) is 110 cm³/mol. The van der Waals surface area contributed by atoms with Crippen molar-refractivity contribution in [3.8, 4) is 5.75 Å². The van der Waals surface area contributed by atoms with Gasteiger partial charge in [0.25, 0.3) is 5.91 Å². The summed E-state index contributed by atoms with van der Waals surface area (Å²) in [5, 5.41) is 0.543. The van der Waals surface area contributed by atoms with Crippen LogP contribution < -0.4 is 9.64 Å². The maximum Gasteiger partial charge on any atom is 0.266 e. The number of hydrogen-bond acceptors (Lipinski definition) is 4. The van der Waals surface area contributed by atoms with E-state index in [1.807, 2.05) is 24.3 Å². The normalized spacial score (nSPS) is 10.8. The number of hydrogen-bond donors (Lipinski definition) is 0. The Balaban J connectivity index is 1.85. The second kappa shape index (κ2) is 7.58. The molecule has 3 aromatic carbocycles. The second-order valence-electron chi connectivity index (χ2n) is 5.93. The lowest BCUT2D eigenvalue weighted by Gasteiger charge is -2.21. The summed E-state index contributed by atoms with van der Waals surface area (Å²) in [6, 6.07) is 18.4. The lowest BCUT2D eigenvalue weighted by atomic mass is 10.1. The molecule has 7 heteroatoms. The maximum absolute atomic E-state index is 13.4. The van der Waals surface area contributed by atoms with Crippen LogP contribution in [0.2, 0.25) is 5.02 Å². The number of carbonyl (C=O) groups excluding carboxylic acids is 1. The van der Waals surface area contributed by atoms with E-state index in [9.17, 15) is 9.18 Å². The van der Waals surface area contributed by atoms with Crippen LogP contribution in [-0.4, -0.2) is 18.0 Å². The number of para-hydroxylation sites is 1. The number of ether oxygens (including phenoxy) is 1. The topological polar surface area (TPSA) is 42.4 Å². The van der Waals surface area contributed by atoms with E-state index in [1.54, 1.807) is 31.4 Å². The number of nitrogens with zero attached hydrogens (tertiary/aromatic N) is 2. The summed E-state index contributed by atoms with van der Waals surface area (Å²) in [4.78, 5) is 19.4. The van der Waals surface area contributed by atoms with Crippen LogP contribution in [0, 0.1) is 5.82 Å². The van der Waals surface area contributed by atoms with Crippen LogP contribution in [0.3, 0.4) is 0 Å². The molecule has 0 atom stereocenters. The van der Waals surface area contributed by atoms with Crippen molar-refractivity contribution in [2.75, 3.05) is 12.0 Å². The van der Waals surface area contributed by atoms with Gasteiger partial charge < -0.3 is 4.74 Å². The van der Waals surface area contributed by atoms with Crippen LogP contribution in [0.15, 0.2) is 66.7 Å². The van der Waals surface area contributed by atoms with Gasteiger partial charge in [0.05, 0.1) is 33.6 Å². The second-order valence-corrected chi connectivity index (χ2v) is 7.34. The standard InChI is InChI=1S/C21H14ClFN2O2S/c1-27-15-9-7-14(8-10-15)25(20(26)16-11-6-13(23)12-17(16)22)21-24-18-4-2-3-5-19(18)28-21/h2-12H,1H3. The first-order valence-electron chi connectivity index (χ1n) is 8.36. The summed E-state index contributed by atoms with van der Waals surface area (Å²) in [5.41, 5.74) is 1.59. The lowest BCUT2D eigenvalue weighted by Crippen LogP contribution is -2.26. The third-order valence-electron chi connectivity index (χ3n) is 4.17. The zero-order valence-electron chi connectivity index (χ0n) is 14.7. The van der Waals surface area contributed by atoms with E-state index in [2.05, 4.69) is 4.98 Å². The van der Waals surface area contributed by atoms with Crippen molar-refractivity contribution in [1.82, 2.24) is 4.98 Å². The van der Waals surface area contributed by atoms with E-state index >= 15 is 0 Å². The molecule has 0 N–H and O–H groups in total. The Morgan fingerprint density at radius 1 is 1.11 bits per heavy atom. The number of amides is 1. The van der Waals surface area contributed by atoms with Gasteiger partial charge in [-0.05, 0) is 54.6 Å². The van der Waals surface area contributed by atoms with Gasteiger partial charge in [-0.25, -0.2) is 9.37 Å². The van der Waals surface area contributed by atoms with Gasteiger partial charge in [-0.3, -0.25) is 9.69 Å². The number of benzene rings is 3. The molecule has 0 saturated carbocycles. The molecule has 0 aliphatic heterocycles. The fraction of sp³-hybridized carbons (Fsp3) is 0.0476. The summed E-state index contributed by atoms with van der Waals surface area (Å²) >= 11 is 7.53. The fourth-order valence-electron chi connectivity index (χ4n) is 2.78. The molecule has 0 saturated heterocycles. The van der Waals surface area contributed by atoms with Crippen molar-refractivity contribution in [3.05, 3.63) is 83.1 Å². The van der Waals surface area contributed by atoms with E-state index in [0.717, 1.165) is 16.3 Å². The number of rotatable bonds is 4. The highest BCUT2D eigenvalue weighted by atomic mass is 35.5. The number of halogens is 2. The summed E-state index contributed by atoms with van der Waals surface area (Å²) in [6.45, 7) is 0. The van der Waals surface area contributed by atoms with Crippen molar-refractivity contribution in [1.29, 1.82) is 0 Å². The molecule has 4 aromatic rings. The van der Waals surface area contributed by atoms with E-state index < -0.39 is 11.7 Å². The molecule has 0 fully saturated rings. The summed E-state index contributed by atoms with van der Waals surface area (Å²) < 4.78 is 19.6. The minimum absolute atomic E-state index is 0.0459. The number of aromatic nitrogens is 1. The SMILES string of the molecule is COc1ccc(N(C(=O)c2ccc(F)cc2Cl)c2nc3ccccc3s2)cc1. The van der Waals surface area contributed by atoms with Crippen molar-refractivity contribution < 1.29 is 13.9 Å². The minimum Gasteiger partial charge on any atom is -0.497 e. The quantitative estimate of drug-likeness (QED) is 0.408. The van der Waals surface area contributed by atoms with E-state index in [1.165, 1.54) is 28.4 Å². The van der Waals surface area contributed by atoms with Crippen LogP contribution in [0.5, 0.6) is 5.75 Å². The molecular weight excluding hydrogens is 399 g/mol. The monoisotopic (exact) mass is 412 g/mol. The van der Waals surface area contributed by atoms with E-state index in [4.69, 9.17) is 16.3 Å². The van der Waals surface area contributed by atoms with Gasteiger partial charge in [0.2, 0.25) is 0 Å². The van der Waals surface area contributed by atoms with Gasteiger partial charge in [0.15, 0.2) is 5.13 Å². The number of anilines is 2. The number of carbonyl (C=O) groups is 1. The maximum atomic E-state index is 13.4. The van der Waals surface area contributed by atoms with Crippen LogP contribution in [0.1, 0.15) is 10.4 Å². The average Bonchev–Trinajstić information content (AvgIpc) is 3.12. The molecule has 140 valence electrons. The highest BCUT2D eigenvalue weighted by Crippen LogP contribution is 2.36. The fourth-order valence-corrected chi connectivity index (χ4v) is 4.02. The molecule has 28 heavy (non-hydrogen) atoms. The lowest BCUT2D eigenvalue weighted by molar-refractivity contribution is 0.0999. The highest BCUT2D eigenvalue weighted by Gasteiger charge is 2.25. The summed E-state index contributed by atoms with van der Waals surface area (Å²) in [6.07, 6.45) is 0. The van der Waals surface area contributed by atoms with Crippen LogP contribution in [-0.2, 0) is 0 Å². The van der Waals surface area contributed by atoms with Crippen molar-refractivity contribution in [3.63, 3.8) is 0 Å². The molecule has 0 aliphatic rings. The highest BCUT2D eigenvalue weighted by molar-refractivity contribution is 7.22. The predicted octanol–water partition coefficient (Wildman–Crippen LogP) is 6.08. The van der Waals surface area contributed by atoms with Crippen molar-refractivity contribution in [2.45, 2.75) is 0 Å². The summed E-state index contributed by atoms with van der Waals surface area (Å²) in [7, 11) is 1.57. The number of fused-ring (bicyclic) bond motifs is 1. The first-order valence-corrected chi connectivity index (χ1v) is 9.55. The van der Waals surface area contributed by atoms with Gasteiger partial charge >= 0.3 is 0 Å². The van der Waals surface area contributed by atoms with Gasteiger partial charge in [-0.15, -0.1) is 0 Å². The van der Waals surface area contributed by atoms with Gasteiger partial charge in [0, 0.05) is 0 Å². The number of thiazole rings is 1. The molecule has 4 nitrogen and oxygen atoms in total. The largest absolute Gasteiger partial charge is 0.497 e. The molecule has 0 radical (unpaired) electrons. The third kappa shape index (κ3) is 3.44. The minimum atomic E-state index is -0.502. The molecule has 1 aromatic heterocycles. The van der Waals surface area contributed by atoms with Crippen molar-refractivity contribution in [2.24, 2.45) is 0 Å². The van der Waals surface area contributed by atoms with E-state index in [-0.39, 0.29) is 10.6 Å². The Morgan fingerprint density at radius 2 is 1.86 bits per heavy atom. The Labute approximate surface area is 169 Å². The van der Waals surface area contributed by atoms with E-state index in [0.29, 0.717) is 16.6 Å². The Bertz CT molecular complexity index is 1130. The summed E-state index contributed by atoms with van der Waals surface area (Å²) in [5.74, 6) is -0.230. The Morgan fingerprint density at radius 3 is 2.54 bits per heavy atom. The zero-order valence-corrected chi connectivity index (χ0v) is 16.3. The van der Waals surface area contributed by atoms with Crippen LogP contribution >= 0.6 is 22.9 Å². The average molecular weight is 413 g/mol. The van der Waals surface area contributed by atoms with Gasteiger partial charge in [0.1, 0.15) is 11.6 Å². The molecule has 1 amide bonds.